The number of aromatic nitrogens is 1. The van der Waals surface area contributed by atoms with E-state index in [0.29, 0.717) is 4.60 Å². The van der Waals surface area contributed by atoms with Gasteiger partial charge in [-0.3, -0.25) is 0 Å². The van der Waals surface area contributed by atoms with Crippen molar-refractivity contribution in [3.63, 3.8) is 0 Å². The van der Waals surface area contributed by atoms with Crippen LogP contribution < -0.4 is 0 Å². The van der Waals surface area contributed by atoms with Gasteiger partial charge in [-0.15, -0.1) is 0 Å². The number of carbonyl (C=O) groups is 1. The van der Waals surface area contributed by atoms with Gasteiger partial charge in [0, 0.05) is 5.69 Å². The first-order valence-corrected chi connectivity index (χ1v) is 4.33. The Bertz CT molecular complexity index is 312. The predicted molar refractivity (Wildman–Crippen MR) is 48.3 cm³/mol. The molecular weight excluding hydrogens is 222 g/mol. The maximum atomic E-state index is 10.6. The standard InChI is InChI=1S/C8H8BrNO2/c1-2-5-3-4-6(8(11)12)7(9)10-5/h3-4H,2H2,1H3,(H,11,12). The summed E-state index contributed by atoms with van der Waals surface area (Å²) in [7, 11) is 0. The van der Waals surface area contributed by atoms with Gasteiger partial charge in [0.05, 0.1) is 5.56 Å². The number of halogens is 1. The summed E-state index contributed by atoms with van der Waals surface area (Å²) in [5.74, 6) is -0.961. The Morgan fingerprint density at radius 2 is 2.33 bits per heavy atom. The fraction of sp³-hybridized carbons (Fsp3) is 0.250. The molecule has 1 rings (SSSR count). The summed E-state index contributed by atoms with van der Waals surface area (Å²) in [6.07, 6.45) is 0.804. The molecule has 0 amide bonds. The van der Waals surface area contributed by atoms with E-state index < -0.39 is 5.97 Å². The molecule has 0 aliphatic rings. The highest BCUT2D eigenvalue weighted by molar-refractivity contribution is 9.10. The Balaban J connectivity index is 3.12. The van der Waals surface area contributed by atoms with E-state index in [1.54, 1.807) is 12.1 Å². The third-order valence-corrected chi connectivity index (χ3v) is 2.10. The van der Waals surface area contributed by atoms with Crippen LogP contribution in [-0.4, -0.2) is 16.1 Å². The van der Waals surface area contributed by atoms with E-state index in [9.17, 15) is 4.79 Å². The van der Waals surface area contributed by atoms with Crippen LogP contribution in [0.25, 0.3) is 0 Å². The Labute approximate surface area is 78.6 Å². The van der Waals surface area contributed by atoms with Gasteiger partial charge in [0.15, 0.2) is 0 Å². The maximum absolute atomic E-state index is 10.6. The Hall–Kier alpha value is -0.900. The van der Waals surface area contributed by atoms with Crippen LogP contribution in [0, 0.1) is 0 Å². The fourth-order valence-corrected chi connectivity index (χ4v) is 1.36. The first kappa shape index (κ1) is 9.19. The smallest absolute Gasteiger partial charge is 0.338 e. The molecule has 1 N–H and O–H groups in total. The lowest BCUT2D eigenvalue weighted by molar-refractivity contribution is 0.0695. The highest BCUT2D eigenvalue weighted by Gasteiger charge is 2.08. The molecule has 1 heterocycles. The van der Waals surface area contributed by atoms with E-state index in [1.165, 1.54) is 0 Å². The highest BCUT2D eigenvalue weighted by Crippen LogP contribution is 2.14. The van der Waals surface area contributed by atoms with Crippen molar-refractivity contribution in [3.8, 4) is 0 Å². The summed E-state index contributed by atoms with van der Waals surface area (Å²) < 4.78 is 0.398. The minimum Gasteiger partial charge on any atom is -0.478 e. The molecule has 0 radical (unpaired) electrons. The zero-order valence-corrected chi connectivity index (χ0v) is 8.13. The zero-order chi connectivity index (χ0) is 9.14. The van der Waals surface area contributed by atoms with Gasteiger partial charge in [0.25, 0.3) is 0 Å². The number of aromatic carboxylic acids is 1. The van der Waals surface area contributed by atoms with Crippen molar-refractivity contribution >= 4 is 21.9 Å². The van der Waals surface area contributed by atoms with Crippen LogP contribution >= 0.6 is 15.9 Å². The summed E-state index contributed by atoms with van der Waals surface area (Å²) in [4.78, 5) is 14.6. The number of pyridine rings is 1. The van der Waals surface area contributed by atoms with Crippen molar-refractivity contribution in [2.75, 3.05) is 0 Å². The van der Waals surface area contributed by atoms with Gasteiger partial charge in [-0.2, -0.15) is 0 Å². The van der Waals surface area contributed by atoms with Crippen molar-refractivity contribution in [3.05, 3.63) is 28.0 Å². The average molecular weight is 230 g/mol. The summed E-state index contributed by atoms with van der Waals surface area (Å²) in [6.45, 7) is 1.97. The van der Waals surface area contributed by atoms with Crippen LogP contribution in [-0.2, 0) is 6.42 Å². The molecule has 1 aromatic rings. The molecule has 3 nitrogen and oxygen atoms in total. The molecule has 12 heavy (non-hydrogen) atoms. The van der Waals surface area contributed by atoms with Crippen LogP contribution in [0.15, 0.2) is 16.7 Å². The van der Waals surface area contributed by atoms with Crippen LogP contribution in [0.2, 0.25) is 0 Å². The second-order valence-electron chi connectivity index (χ2n) is 2.30. The van der Waals surface area contributed by atoms with Gasteiger partial charge in [0.1, 0.15) is 4.60 Å². The summed E-state index contributed by atoms with van der Waals surface area (Å²) in [6, 6.07) is 3.27. The van der Waals surface area contributed by atoms with Crippen LogP contribution in [0.1, 0.15) is 23.0 Å². The second kappa shape index (κ2) is 3.67. The van der Waals surface area contributed by atoms with E-state index in [-0.39, 0.29) is 5.56 Å². The predicted octanol–water partition coefficient (Wildman–Crippen LogP) is 2.10. The highest BCUT2D eigenvalue weighted by atomic mass is 79.9. The summed E-state index contributed by atoms with van der Waals surface area (Å²) in [5.41, 5.74) is 1.08. The SMILES string of the molecule is CCc1ccc(C(=O)O)c(Br)n1. The fourth-order valence-electron chi connectivity index (χ4n) is 0.828. The van der Waals surface area contributed by atoms with E-state index in [0.717, 1.165) is 12.1 Å². The van der Waals surface area contributed by atoms with E-state index in [4.69, 9.17) is 5.11 Å². The monoisotopic (exact) mass is 229 g/mol. The third kappa shape index (κ3) is 1.82. The summed E-state index contributed by atoms with van der Waals surface area (Å²) >= 11 is 3.10. The van der Waals surface area contributed by atoms with Crippen molar-refractivity contribution in [1.82, 2.24) is 4.98 Å². The Morgan fingerprint density at radius 3 is 2.75 bits per heavy atom. The van der Waals surface area contributed by atoms with Crippen molar-refractivity contribution in [2.24, 2.45) is 0 Å². The van der Waals surface area contributed by atoms with Crippen molar-refractivity contribution < 1.29 is 9.90 Å². The van der Waals surface area contributed by atoms with Crippen molar-refractivity contribution in [1.29, 1.82) is 0 Å². The molecule has 4 heteroatoms. The van der Waals surface area contributed by atoms with E-state index >= 15 is 0 Å². The number of rotatable bonds is 2. The van der Waals surface area contributed by atoms with Gasteiger partial charge in [-0.05, 0) is 34.5 Å². The third-order valence-electron chi connectivity index (χ3n) is 1.50. The molecule has 0 atom stereocenters. The van der Waals surface area contributed by atoms with Gasteiger partial charge < -0.3 is 5.11 Å². The Morgan fingerprint density at radius 1 is 1.67 bits per heavy atom. The summed E-state index contributed by atoms with van der Waals surface area (Å²) in [5, 5.41) is 8.66. The number of aryl methyl sites for hydroxylation is 1. The number of hydrogen-bond acceptors (Lipinski definition) is 2. The first-order chi connectivity index (χ1) is 5.65. The maximum Gasteiger partial charge on any atom is 0.338 e. The second-order valence-corrected chi connectivity index (χ2v) is 3.05. The average Bonchev–Trinajstić information content (AvgIpc) is 2.03. The molecule has 0 aliphatic carbocycles. The van der Waals surface area contributed by atoms with Gasteiger partial charge >= 0.3 is 5.97 Å². The number of carboxylic acids is 1. The topological polar surface area (TPSA) is 50.2 Å². The molecule has 0 bridgehead atoms. The van der Waals surface area contributed by atoms with E-state index in [2.05, 4.69) is 20.9 Å². The molecule has 0 aliphatic heterocycles. The lowest BCUT2D eigenvalue weighted by Crippen LogP contribution is -2.00. The lowest BCUT2D eigenvalue weighted by Gasteiger charge is -1.99. The van der Waals surface area contributed by atoms with E-state index in [1.807, 2.05) is 6.92 Å². The normalized spacial score (nSPS) is 9.83. The molecule has 64 valence electrons. The molecule has 0 unspecified atom stereocenters. The number of carboxylic acid groups (broad SMARTS) is 1. The molecule has 1 aromatic heterocycles. The Kier molecular flexibility index (Phi) is 2.81. The van der Waals surface area contributed by atoms with Crippen LogP contribution in [0.4, 0.5) is 0 Å². The minimum absolute atomic E-state index is 0.201. The van der Waals surface area contributed by atoms with Crippen molar-refractivity contribution in [2.45, 2.75) is 13.3 Å². The van der Waals surface area contributed by atoms with Crippen LogP contribution in [0.5, 0.6) is 0 Å². The number of nitrogens with zero attached hydrogens (tertiary/aromatic N) is 1. The largest absolute Gasteiger partial charge is 0.478 e. The zero-order valence-electron chi connectivity index (χ0n) is 6.54. The molecule has 0 spiro atoms. The molecule has 0 saturated heterocycles. The van der Waals surface area contributed by atoms with Crippen LogP contribution in [0.3, 0.4) is 0 Å². The molecule has 0 aromatic carbocycles. The number of hydrogen-bond donors (Lipinski definition) is 1. The lowest BCUT2D eigenvalue weighted by atomic mass is 10.2. The molecule has 0 fully saturated rings. The van der Waals surface area contributed by atoms with Gasteiger partial charge in [-0.25, -0.2) is 9.78 Å². The minimum atomic E-state index is -0.961. The van der Waals surface area contributed by atoms with Gasteiger partial charge in [0.2, 0.25) is 0 Å². The molecule has 0 saturated carbocycles. The van der Waals surface area contributed by atoms with Gasteiger partial charge in [-0.1, -0.05) is 6.92 Å². The molecular formula is C8H8BrNO2. The first-order valence-electron chi connectivity index (χ1n) is 3.54. The quantitative estimate of drug-likeness (QED) is 0.791.